The van der Waals surface area contributed by atoms with Crippen molar-refractivity contribution in [1.82, 2.24) is 4.57 Å². The van der Waals surface area contributed by atoms with Crippen molar-refractivity contribution in [2.45, 2.75) is 0 Å². The van der Waals surface area contributed by atoms with Crippen LogP contribution in [0.1, 0.15) is 0 Å². The van der Waals surface area contributed by atoms with E-state index in [9.17, 15) is 0 Å². The average Bonchev–Trinajstić information content (AvgIpc) is 2.85. The van der Waals surface area contributed by atoms with Crippen LogP contribution in [0, 0.1) is 0 Å². The van der Waals surface area contributed by atoms with E-state index in [1.54, 1.807) is 6.07 Å². The van der Waals surface area contributed by atoms with Crippen LogP contribution in [0.5, 0.6) is 0 Å². The molecule has 0 radical (unpaired) electrons. The highest BCUT2D eigenvalue weighted by molar-refractivity contribution is 6.43. The van der Waals surface area contributed by atoms with Crippen LogP contribution in [0.15, 0.2) is 66.7 Å². The molecule has 4 aromatic rings. The Morgan fingerprint density at radius 1 is 0.619 bits per heavy atom. The second-order valence-corrected chi connectivity index (χ2v) is 5.73. The molecule has 102 valence electrons. The minimum absolute atomic E-state index is 0.566. The van der Waals surface area contributed by atoms with Gasteiger partial charge in [-0.1, -0.05) is 65.7 Å². The van der Waals surface area contributed by atoms with E-state index in [4.69, 9.17) is 23.2 Å². The van der Waals surface area contributed by atoms with E-state index in [1.165, 1.54) is 10.8 Å². The van der Waals surface area contributed by atoms with Crippen LogP contribution in [-0.4, -0.2) is 4.57 Å². The number of benzene rings is 3. The molecule has 0 aliphatic rings. The number of hydrogen-bond donors (Lipinski definition) is 0. The maximum Gasteiger partial charge on any atom is 0.0832 e. The monoisotopic (exact) mass is 311 g/mol. The molecule has 21 heavy (non-hydrogen) atoms. The third kappa shape index (κ3) is 1.85. The predicted octanol–water partition coefficient (Wildman–Crippen LogP) is 6.09. The second-order valence-electron chi connectivity index (χ2n) is 4.94. The van der Waals surface area contributed by atoms with Crippen LogP contribution in [0.25, 0.3) is 27.5 Å². The molecule has 3 aromatic carbocycles. The molecule has 0 spiro atoms. The fourth-order valence-corrected chi connectivity index (χ4v) is 3.23. The van der Waals surface area contributed by atoms with Crippen LogP contribution >= 0.6 is 23.2 Å². The van der Waals surface area contributed by atoms with Gasteiger partial charge in [-0.3, -0.25) is 0 Å². The van der Waals surface area contributed by atoms with Gasteiger partial charge in [-0.05, 0) is 24.3 Å². The maximum atomic E-state index is 6.43. The third-order valence-corrected chi connectivity index (χ3v) is 4.56. The molecule has 0 saturated carbocycles. The zero-order valence-corrected chi connectivity index (χ0v) is 12.6. The van der Waals surface area contributed by atoms with Gasteiger partial charge in [0.15, 0.2) is 0 Å². The molecule has 0 aliphatic heterocycles. The summed E-state index contributed by atoms with van der Waals surface area (Å²) in [6.45, 7) is 0. The molecule has 4 rings (SSSR count). The SMILES string of the molecule is Clc1cccc(-n2c3ccccc3c3ccccc32)c1Cl. The number of rotatable bonds is 1. The van der Waals surface area contributed by atoms with Crippen LogP contribution < -0.4 is 0 Å². The largest absolute Gasteiger partial charge is 0.308 e. The first-order chi connectivity index (χ1) is 10.3. The molecule has 0 fully saturated rings. The normalized spacial score (nSPS) is 11.3. The average molecular weight is 312 g/mol. The molecule has 0 unspecified atom stereocenters. The second kappa shape index (κ2) is 4.80. The van der Waals surface area contributed by atoms with E-state index in [1.807, 2.05) is 24.3 Å². The van der Waals surface area contributed by atoms with Gasteiger partial charge >= 0.3 is 0 Å². The van der Waals surface area contributed by atoms with E-state index < -0.39 is 0 Å². The van der Waals surface area contributed by atoms with Gasteiger partial charge < -0.3 is 4.57 Å². The standard InChI is InChI=1S/C18H11Cl2N/c19-14-8-5-11-17(18(14)20)21-15-9-3-1-6-12(15)13-7-2-4-10-16(13)21/h1-11H. The number of aromatic nitrogens is 1. The van der Waals surface area contributed by atoms with E-state index in [0.717, 1.165) is 16.7 Å². The summed E-state index contributed by atoms with van der Waals surface area (Å²) in [5.74, 6) is 0. The molecular formula is C18H11Cl2N. The first kappa shape index (κ1) is 12.8. The predicted molar refractivity (Wildman–Crippen MR) is 90.8 cm³/mol. The third-order valence-electron chi connectivity index (χ3n) is 3.75. The van der Waals surface area contributed by atoms with Crippen molar-refractivity contribution in [2.24, 2.45) is 0 Å². The van der Waals surface area contributed by atoms with Gasteiger partial charge in [-0.2, -0.15) is 0 Å². The van der Waals surface area contributed by atoms with Gasteiger partial charge in [0, 0.05) is 10.8 Å². The molecular weight excluding hydrogens is 301 g/mol. The van der Waals surface area contributed by atoms with Crippen molar-refractivity contribution in [1.29, 1.82) is 0 Å². The Balaban J connectivity index is 2.23. The molecule has 0 saturated heterocycles. The minimum Gasteiger partial charge on any atom is -0.308 e. The minimum atomic E-state index is 0.566. The van der Waals surface area contributed by atoms with Gasteiger partial charge in [0.1, 0.15) is 0 Å². The van der Waals surface area contributed by atoms with Gasteiger partial charge in [-0.25, -0.2) is 0 Å². The van der Waals surface area contributed by atoms with Crippen molar-refractivity contribution in [2.75, 3.05) is 0 Å². The lowest BCUT2D eigenvalue weighted by Gasteiger charge is -2.10. The summed E-state index contributed by atoms with van der Waals surface area (Å²) >= 11 is 12.6. The first-order valence-corrected chi connectivity index (χ1v) is 7.45. The smallest absolute Gasteiger partial charge is 0.0832 e. The number of para-hydroxylation sites is 2. The molecule has 1 aromatic heterocycles. The molecule has 1 nitrogen and oxygen atoms in total. The van der Waals surface area contributed by atoms with Gasteiger partial charge in [0.2, 0.25) is 0 Å². The number of nitrogens with zero attached hydrogens (tertiary/aromatic N) is 1. The Kier molecular flexibility index (Phi) is 2.91. The van der Waals surface area contributed by atoms with Crippen molar-refractivity contribution < 1.29 is 0 Å². The van der Waals surface area contributed by atoms with E-state index >= 15 is 0 Å². The van der Waals surface area contributed by atoms with Crippen molar-refractivity contribution in [3.63, 3.8) is 0 Å². The van der Waals surface area contributed by atoms with Crippen LogP contribution in [-0.2, 0) is 0 Å². The highest BCUT2D eigenvalue weighted by Gasteiger charge is 2.14. The van der Waals surface area contributed by atoms with E-state index in [2.05, 4.69) is 41.0 Å². The zero-order chi connectivity index (χ0) is 14.4. The molecule has 1 heterocycles. The maximum absolute atomic E-state index is 6.43. The Morgan fingerprint density at radius 2 is 1.19 bits per heavy atom. The van der Waals surface area contributed by atoms with Crippen molar-refractivity contribution in [3.05, 3.63) is 76.8 Å². The fourth-order valence-electron chi connectivity index (χ4n) is 2.85. The summed E-state index contributed by atoms with van der Waals surface area (Å²) in [6, 6.07) is 22.4. The molecule has 0 aliphatic carbocycles. The Labute approximate surface area is 132 Å². The Morgan fingerprint density at radius 3 is 1.81 bits per heavy atom. The highest BCUT2D eigenvalue weighted by atomic mass is 35.5. The number of halogens is 2. The highest BCUT2D eigenvalue weighted by Crippen LogP contribution is 2.36. The molecule has 0 bridgehead atoms. The van der Waals surface area contributed by atoms with Crippen LogP contribution in [0.3, 0.4) is 0 Å². The summed E-state index contributed by atoms with van der Waals surface area (Å²) < 4.78 is 2.17. The molecule has 3 heteroatoms. The number of fused-ring (bicyclic) bond motifs is 3. The topological polar surface area (TPSA) is 4.93 Å². The van der Waals surface area contributed by atoms with Crippen molar-refractivity contribution in [3.8, 4) is 5.69 Å². The lowest BCUT2D eigenvalue weighted by atomic mass is 10.2. The van der Waals surface area contributed by atoms with E-state index in [-0.39, 0.29) is 0 Å². The van der Waals surface area contributed by atoms with Crippen LogP contribution in [0.4, 0.5) is 0 Å². The first-order valence-electron chi connectivity index (χ1n) is 6.70. The zero-order valence-electron chi connectivity index (χ0n) is 11.1. The Hall–Kier alpha value is -1.96. The van der Waals surface area contributed by atoms with Crippen molar-refractivity contribution >= 4 is 45.0 Å². The van der Waals surface area contributed by atoms with Gasteiger partial charge in [-0.15, -0.1) is 0 Å². The quantitative estimate of drug-likeness (QED) is 0.401. The summed E-state index contributed by atoms with van der Waals surface area (Å²) in [5.41, 5.74) is 3.16. The summed E-state index contributed by atoms with van der Waals surface area (Å²) in [4.78, 5) is 0. The Bertz CT molecular complexity index is 916. The lowest BCUT2D eigenvalue weighted by Crippen LogP contribution is -1.94. The summed E-state index contributed by atoms with van der Waals surface area (Å²) in [7, 11) is 0. The fraction of sp³-hybridized carbons (Fsp3) is 0. The molecule has 0 amide bonds. The molecule has 0 N–H and O–H groups in total. The van der Waals surface area contributed by atoms with Gasteiger partial charge in [0.05, 0.1) is 26.8 Å². The number of hydrogen-bond acceptors (Lipinski definition) is 0. The summed E-state index contributed by atoms with van der Waals surface area (Å²) in [5, 5.41) is 3.56. The summed E-state index contributed by atoms with van der Waals surface area (Å²) in [6.07, 6.45) is 0. The van der Waals surface area contributed by atoms with Crippen LogP contribution in [0.2, 0.25) is 10.0 Å². The molecule has 0 atom stereocenters. The van der Waals surface area contributed by atoms with Gasteiger partial charge in [0.25, 0.3) is 0 Å². The van der Waals surface area contributed by atoms with E-state index in [0.29, 0.717) is 10.0 Å². The lowest BCUT2D eigenvalue weighted by molar-refractivity contribution is 1.18.